The second-order valence-electron chi connectivity index (χ2n) is 4.63. The van der Waals surface area contributed by atoms with E-state index in [4.69, 9.17) is 0 Å². The summed E-state index contributed by atoms with van der Waals surface area (Å²) in [5.41, 5.74) is 0.0877. The maximum absolute atomic E-state index is 12.0. The molecule has 1 amide bonds. The molecular weight excluding hydrogens is 298 g/mol. The largest absolute Gasteiger partial charge is 0.504 e. The standard InChI is InChI=1S/C13H18BrNO3/c1-8(2)6-9(7-14)15-13(18)10-4-3-5-11(16)12(10)17/h3-5,8-9,16-17H,6-7H2,1-2H3,(H,15,18). The molecule has 1 aromatic carbocycles. The van der Waals surface area contributed by atoms with E-state index in [0.29, 0.717) is 11.2 Å². The Labute approximate surface area is 115 Å². The molecule has 1 rings (SSSR count). The van der Waals surface area contributed by atoms with Gasteiger partial charge in [-0.05, 0) is 24.5 Å². The minimum atomic E-state index is -0.382. The molecule has 5 heteroatoms. The first-order chi connectivity index (χ1) is 8.45. The molecule has 0 spiro atoms. The number of phenolic OH excluding ortho intramolecular Hbond substituents is 2. The zero-order valence-electron chi connectivity index (χ0n) is 10.5. The molecule has 100 valence electrons. The van der Waals surface area contributed by atoms with Gasteiger partial charge in [0.2, 0.25) is 0 Å². The Balaban J connectivity index is 2.78. The van der Waals surface area contributed by atoms with Crippen molar-refractivity contribution in [2.45, 2.75) is 26.3 Å². The predicted octanol–water partition coefficient (Wildman–Crippen LogP) is 2.64. The molecule has 0 aliphatic rings. The van der Waals surface area contributed by atoms with Gasteiger partial charge in [0.05, 0.1) is 5.56 Å². The quantitative estimate of drug-likeness (QED) is 0.578. The van der Waals surface area contributed by atoms with E-state index in [2.05, 4.69) is 35.1 Å². The molecule has 1 aromatic rings. The van der Waals surface area contributed by atoms with Crippen molar-refractivity contribution in [1.29, 1.82) is 0 Å². The Morgan fingerprint density at radius 3 is 2.61 bits per heavy atom. The van der Waals surface area contributed by atoms with Crippen LogP contribution in [0.3, 0.4) is 0 Å². The highest BCUT2D eigenvalue weighted by Crippen LogP contribution is 2.28. The van der Waals surface area contributed by atoms with Crippen molar-refractivity contribution >= 4 is 21.8 Å². The van der Waals surface area contributed by atoms with E-state index in [1.54, 1.807) is 0 Å². The van der Waals surface area contributed by atoms with Gasteiger partial charge in [-0.3, -0.25) is 4.79 Å². The van der Waals surface area contributed by atoms with Gasteiger partial charge in [-0.15, -0.1) is 0 Å². The number of rotatable bonds is 5. The summed E-state index contributed by atoms with van der Waals surface area (Å²) in [6.45, 7) is 4.15. The van der Waals surface area contributed by atoms with Crippen molar-refractivity contribution in [2.75, 3.05) is 5.33 Å². The molecule has 0 bridgehead atoms. The molecule has 0 heterocycles. The molecule has 0 saturated carbocycles. The summed E-state index contributed by atoms with van der Waals surface area (Å²) in [4.78, 5) is 12.0. The smallest absolute Gasteiger partial charge is 0.255 e. The SMILES string of the molecule is CC(C)CC(CBr)NC(=O)c1cccc(O)c1O. The minimum absolute atomic E-state index is 0.000695. The molecule has 18 heavy (non-hydrogen) atoms. The van der Waals surface area contributed by atoms with Crippen LogP contribution >= 0.6 is 15.9 Å². The van der Waals surface area contributed by atoms with Crippen LogP contribution in [0.5, 0.6) is 11.5 Å². The van der Waals surface area contributed by atoms with E-state index in [1.807, 2.05) is 0 Å². The predicted molar refractivity (Wildman–Crippen MR) is 74.3 cm³/mol. The Bertz CT molecular complexity index is 421. The zero-order chi connectivity index (χ0) is 13.7. The summed E-state index contributed by atoms with van der Waals surface area (Å²) in [7, 11) is 0. The highest BCUT2D eigenvalue weighted by molar-refractivity contribution is 9.09. The van der Waals surface area contributed by atoms with E-state index in [0.717, 1.165) is 6.42 Å². The van der Waals surface area contributed by atoms with Gasteiger partial charge in [0, 0.05) is 11.4 Å². The second-order valence-corrected chi connectivity index (χ2v) is 5.28. The number of alkyl halides is 1. The lowest BCUT2D eigenvalue weighted by molar-refractivity contribution is 0.0934. The topological polar surface area (TPSA) is 69.6 Å². The van der Waals surface area contributed by atoms with Crippen molar-refractivity contribution in [2.24, 2.45) is 5.92 Å². The molecule has 0 fully saturated rings. The van der Waals surface area contributed by atoms with E-state index in [-0.39, 0.29) is 29.0 Å². The van der Waals surface area contributed by atoms with Gasteiger partial charge in [-0.25, -0.2) is 0 Å². The Hall–Kier alpha value is -1.23. The molecule has 3 N–H and O–H groups in total. The number of hydrogen-bond donors (Lipinski definition) is 3. The van der Waals surface area contributed by atoms with Crippen LogP contribution in [0.1, 0.15) is 30.6 Å². The molecule has 0 saturated heterocycles. The maximum atomic E-state index is 12.0. The highest BCUT2D eigenvalue weighted by atomic mass is 79.9. The highest BCUT2D eigenvalue weighted by Gasteiger charge is 2.18. The van der Waals surface area contributed by atoms with Gasteiger partial charge in [0.25, 0.3) is 5.91 Å². The van der Waals surface area contributed by atoms with Crippen LogP contribution in [0, 0.1) is 5.92 Å². The van der Waals surface area contributed by atoms with Gasteiger partial charge in [-0.2, -0.15) is 0 Å². The number of halogens is 1. The molecule has 0 aliphatic heterocycles. The van der Waals surface area contributed by atoms with E-state index < -0.39 is 0 Å². The fourth-order valence-electron chi connectivity index (χ4n) is 1.71. The van der Waals surface area contributed by atoms with Crippen molar-refractivity contribution in [3.63, 3.8) is 0 Å². The van der Waals surface area contributed by atoms with Crippen LogP contribution in [-0.4, -0.2) is 27.5 Å². The van der Waals surface area contributed by atoms with E-state index in [9.17, 15) is 15.0 Å². The molecule has 0 aliphatic carbocycles. The number of carbonyl (C=O) groups is 1. The first-order valence-electron chi connectivity index (χ1n) is 5.83. The summed E-state index contributed by atoms with van der Waals surface area (Å²) in [6, 6.07) is 4.34. The van der Waals surface area contributed by atoms with Gasteiger partial charge >= 0.3 is 0 Å². The summed E-state index contributed by atoms with van der Waals surface area (Å²) in [5.74, 6) is -0.589. The summed E-state index contributed by atoms with van der Waals surface area (Å²) in [6.07, 6.45) is 0.844. The minimum Gasteiger partial charge on any atom is -0.504 e. The van der Waals surface area contributed by atoms with Crippen molar-refractivity contribution in [3.05, 3.63) is 23.8 Å². The van der Waals surface area contributed by atoms with Gasteiger partial charge in [-0.1, -0.05) is 35.8 Å². The molecular formula is C13H18BrNO3. The molecule has 1 unspecified atom stereocenters. The molecule has 0 radical (unpaired) electrons. The van der Waals surface area contributed by atoms with Crippen molar-refractivity contribution in [1.82, 2.24) is 5.32 Å². The number of aromatic hydroxyl groups is 2. The van der Waals surface area contributed by atoms with E-state index >= 15 is 0 Å². The number of amides is 1. The number of phenols is 2. The number of carbonyl (C=O) groups excluding carboxylic acids is 1. The van der Waals surface area contributed by atoms with E-state index in [1.165, 1.54) is 18.2 Å². The van der Waals surface area contributed by atoms with Crippen LogP contribution in [0.15, 0.2) is 18.2 Å². The summed E-state index contributed by atoms with van der Waals surface area (Å²) < 4.78 is 0. The number of benzene rings is 1. The lowest BCUT2D eigenvalue weighted by atomic mass is 10.0. The van der Waals surface area contributed by atoms with Crippen LogP contribution in [0.4, 0.5) is 0 Å². The van der Waals surface area contributed by atoms with Gasteiger partial charge in [0.15, 0.2) is 11.5 Å². The fraction of sp³-hybridized carbons (Fsp3) is 0.462. The number of para-hydroxylation sites is 1. The normalized spacial score (nSPS) is 12.4. The van der Waals surface area contributed by atoms with Gasteiger partial charge < -0.3 is 15.5 Å². The first-order valence-corrected chi connectivity index (χ1v) is 6.95. The third-order valence-electron chi connectivity index (χ3n) is 2.54. The Kier molecular flexibility index (Phi) is 5.47. The van der Waals surface area contributed by atoms with Crippen LogP contribution < -0.4 is 5.32 Å². The maximum Gasteiger partial charge on any atom is 0.255 e. The van der Waals surface area contributed by atoms with Crippen LogP contribution in [-0.2, 0) is 0 Å². The monoisotopic (exact) mass is 315 g/mol. The lowest BCUT2D eigenvalue weighted by Gasteiger charge is -2.18. The second kappa shape index (κ2) is 6.64. The Morgan fingerprint density at radius 2 is 2.06 bits per heavy atom. The third-order valence-corrected chi connectivity index (χ3v) is 3.32. The number of nitrogens with one attached hydrogen (secondary N) is 1. The Morgan fingerprint density at radius 1 is 1.39 bits per heavy atom. The molecule has 1 atom stereocenters. The summed E-state index contributed by atoms with van der Waals surface area (Å²) >= 11 is 3.35. The molecule has 0 aromatic heterocycles. The van der Waals surface area contributed by atoms with Crippen molar-refractivity contribution in [3.8, 4) is 11.5 Å². The van der Waals surface area contributed by atoms with Crippen molar-refractivity contribution < 1.29 is 15.0 Å². The average Bonchev–Trinajstić information content (AvgIpc) is 2.31. The zero-order valence-corrected chi connectivity index (χ0v) is 12.1. The fourth-order valence-corrected chi connectivity index (χ4v) is 2.13. The third kappa shape index (κ3) is 3.91. The molecule has 4 nitrogen and oxygen atoms in total. The average molecular weight is 316 g/mol. The van der Waals surface area contributed by atoms with Crippen LogP contribution in [0.25, 0.3) is 0 Å². The summed E-state index contributed by atoms with van der Waals surface area (Å²) in [5, 5.41) is 22.4. The van der Waals surface area contributed by atoms with Crippen LogP contribution in [0.2, 0.25) is 0 Å². The lowest BCUT2D eigenvalue weighted by Crippen LogP contribution is -2.37. The first kappa shape index (κ1) is 14.8. The van der Waals surface area contributed by atoms with Gasteiger partial charge in [0.1, 0.15) is 0 Å². The number of hydrogen-bond acceptors (Lipinski definition) is 3.